The molecule has 0 amide bonds. The summed E-state index contributed by atoms with van der Waals surface area (Å²) in [5.74, 6) is 0.937. The maximum atomic E-state index is 4.38. The maximum absolute atomic E-state index is 4.38. The molecule has 2 atom stereocenters. The van der Waals surface area contributed by atoms with Crippen LogP contribution in [0.25, 0.3) is 0 Å². The molecule has 1 aliphatic heterocycles. The lowest BCUT2D eigenvalue weighted by Gasteiger charge is -2.38. The molecule has 0 bridgehead atoms. The predicted octanol–water partition coefficient (Wildman–Crippen LogP) is 2.77. The predicted molar refractivity (Wildman–Crippen MR) is 122 cm³/mol. The van der Waals surface area contributed by atoms with E-state index >= 15 is 0 Å². The monoisotopic (exact) mass is 473 g/mol. The summed E-state index contributed by atoms with van der Waals surface area (Å²) in [6.07, 6.45) is 3.44. The summed E-state index contributed by atoms with van der Waals surface area (Å²) >= 11 is 0. The number of hydrogen-bond acceptors (Lipinski definition) is 3. The Balaban J connectivity index is 0.00000338. The van der Waals surface area contributed by atoms with Gasteiger partial charge in [0.15, 0.2) is 5.96 Å². The van der Waals surface area contributed by atoms with E-state index in [2.05, 4.69) is 76.8 Å². The Kier molecular flexibility index (Phi) is 11.2. The number of hydrogen-bond donors (Lipinski definition) is 2. The third kappa shape index (κ3) is 8.22. The molecule has 2 rings (SSSR count). The Hall–Kier alpha value is -0.860. The normalized spacial score (nSPS) is 21.3. The van der Waals surface area contributed by atoms with Gasteiger partial charge < -0.3 is 15.5 Å². The van der Waals surface area contributed by atoms with Crippen molar-refractivity contribution in [2.24, 2.45) is 4.99 Å². The lowest BCUT2D eigenvalue weighted by molar-refractivity contribution is 0.134. The van der Waals surface area contributed by atoms with Gasteiger partial charge in [0, 0.05) is 38.8 Å². The van der Waals surface area contributed by atoms with Crippen LogP contribution in [0.3, 0.4) is 0 Å². The second kappa shape index (κ2) is 12.5. The molecule has 0 aliphatic carbocycles. The number of aliphatic imine (C=N–C) groups is 1. The minimum absolute atomic E-state index is 0. The molecule has 148 valence electrons. The topological polar surface area (TPSA) is 42.9 Å². The van der Waals surface area contributed by atoms with Gasteiger partial charge in [-0.3, -0.25) is 9.89 Å². The third-order valence-corrected chi connectivity index (χ3v) is 4.88. The number of piperidine rings is 1. The summed E-state index contributed by atoms with van der Waals surface area (Å²) in [6.45, 7) is 6.57. The molecule has 1 saturated heterocycles. The second-order valence-electron chi connectivity index (χ2n) is 7.33. The molecule has 0 aromatic heterocycles. The highest BCUT2D eigenvalue weighted by atomic mass is 127. The number of benzene rings is 1. The number of nitrogens with one attached hydrogen (secondary N) is 2. The molecule has 1 aromatic rings. The van der Waals surface area contributed by atoms with Gasteiger partial charge in [0.05, 0.1) is 0 Å². The largest absolute Gasteiger partial charge is 0.356 e. The summed E-state index contributed by atoms with van der Waals surface area (Å²) in [5.41, 5.74) is 1.40. The quantitative estimate of drug-likeness (QED) is 0.277. The molecule has 0 saturated carbocycles. The summed E-state index contributed by atoms with van der Waals surface area (Å²) in [7, 11) is 6.07. The van der Waals surface area contributed by atoms with E-state index in [1.165, 1.54) is 5.56 Å². The van der Waals surface area contributed by atoms with Crippen molar-refractivity contribution in [3.8, 4) is 0 Å². The minimum Gasteiger partial charge on any atom is -0.356 e. The van der Waals surface area contributed by atoms with Gasteiger partial charge in [0.25, 0.3) is 0 Å². The Morgan fingerprint density at radius 2 is 2.00 bits per heavy atom. The number of halogens is 1. The van der Waals surface area contributed by atoms with Crippen molar-refractivity contribution in [2.75, 3.05) is 40.8 Å². The van der Waals surface area contributed by atoms with Crippen LogP contribution < -0.4 is 10.6 Å². The van der Waals surface area contributed by atoms with Gasteiger partial charge in [0.2, 0.25) is 0 Å². The van der Waals surface area contributed by atoms with Crippen molar-refractivity contribution >= 4 is 29.9 Å². The average molecular weight is 473 g/mol. The van der Waals surface area contributed by atoms with Crippen LogP contribution in [0.15, 0.2) is 35.3 Å². The van der Waals surface area contributed by atoms with Gasteiger partial charge in [0.1, 0.15) is 0 Å². The first-order valence-electron chi connectivity index (χ1n) is 9.48. The van der Waals surface area contributed by atoms with Crippen LogP contribution in [0.4, 0.5) is 0 Å². The first-order valence-corrected chi connectivity index (χ1v) is 9.48. The highest BCUT2D eigenvalue weighted by Crippen LogP contribution is 2.19. The van der Waals surface area contributed by atoms with Crippen molar-refractivity contribution < 1.29 is 0 Å². The van der Waals surface area contributed by atoms with Crippen LogP contribution in [-0.4, -0.2) is 68.6 Å². The molecule has 0 spiro atoms. The molecular weight excluding hydrogens is 437 g/mol. The fraction of sp³-hybridized carbons (Fsp3) is 0.650. The molecule has 2 N–H and O–H groups in total. The fourth-order valence-electron chi connectivity index (χ4n) is 3.39. The molecule has 1 aromatic carbocycles. The smallest absolute Gasteiger partial charge is 0.191 e. The van der Waals surface area contributed by atoms with Crippen LogP contribution in [0, 0.1) is 0 Å². The lowest BCUT2D eigenvalue weighted by atomic mass is 9.97. The Labute approximate surface area is 176 Å². The Bertz CT molecular complexity index is 520. The summed E-state index contributed by atoms with van der Waals surface area (Å²) in [5, 5.41) is 7.04. The zero-order chi connectivity index (χ0) is 18.1. The van der Waals surface area contributed by atoms with Crippen LogP contribution in [0.1, 0.15) is 31.7 Å². The molecule has 1 heterocycles. The van der Waals surface area contributed by atoms with Crippen molar-refractivity contribution in [3.63, 3.8) is 0 Å². The molecule has 26 heavy (non-hydrogen) atoms. The molecular formula is C20H36IN5. The Morgan fingerprint density at radius 1 is 1.27 bits per heavy atom. The van der Waals surface area contributed by atoms with E-state index in [1.54, 1.807) is 0 Å². The van der Waals surface area contributed by atoms with E-state index in [4.69, 9.17) is 0 Å². The molecule has 0 radical (unpaired) electrons. The van der Waals surface area contributed by atoms with Crippen LogP contribution >= 0.6 is 24.0 Å². The third-order valence-electron chi connectivity index (χ3n) is 4.88. The van der Waals surface area contributed by atoms with E-state index < -0.39 is 0 Å². The van der Waals surface area contributed by atoms with Crippen molar-refractivity contribution in [1.82, 2.24) is 20.4 Å². The van der Waals surface area contributed by atoms with Gasteiger partial charge in [-0.15, -0.1) is 24.0 Å². The molecule has 1 fully saturated rings. The number of rotatable bonds is 7. The molecule has 2 unspecified atom stereocenters. The zero-order valence-electron chi connectivity index (χ0n) is 16.7. The number of likely N-dealkylation sites (tertiary alicyclic amines) is 1. The maximum Gasteiger partial charge on any atom is 0.191 e. The number of nitrogens with zero attached hydrogens (tertiary/aromatic N) is 3. The summed E-state index contributed by atoms with van der Waals surface area (Å²) in [4.78, 5) is 9.17. The second-order valence-corrected chi connectivity index (χ2v) is 7.33. The number of guanidine groups is 1. The highest BCUT2D eigenvalue weighted by Gasteiger charge is 2.25. The first kappa shape index (κ1) is 23.2. The van der Waals surface area contributed by atoms with Crippen molar-refractivity contribution in [1.29, 1.82) is 0 Å². The van der Waals surface area contributed by atoms with Gasteiger partial charge >= 0.3 is 0 Å². The van der Waals surface area contributed by atoms with Crippen molar-refractivity contribution in [3.05, 3.63) is 35.9 Å². The summed E-state index contributed by atoms with van der Waals surface area (Å²) < 4.78 is 0. The summed E-state index contributed by atoms with van der Waals surface area (Å²) in [6, 6.07) is 11.9. The first-order chi connectivity index (χ1) is 12.1. The molecule has 1 aliphatic rings. The standard InChI is InChI=1S/C20H35N5.HI/c1-17-15-19(23-20(21-2)22-12-8-13-24(3)4)11-14-25(17)16-18-9-6-5-7-10-18;/h5-7,9-10,17,19H,8,11-16H2,1-4H3,(H2,21,22,23);1H. The van der Waals surface area contributed by atoms with E-state index in [0.717, 1.165) is 51.4 Å². The van der Waals surface area contributed by atoms with Crippen LogP contribution in [-0.2, 0) is 6.54 Å². The van der Waals surface area contributed by atoms with Crippen LogP contribution in [0.5, 0.6) is 0 Å². The van der Waals surface area contributed by atoms with E-state index in [9.17, 15) is 0 Å². The Morgan fingerprint density at radius 3 is 2.62 bits per heavy atom. The average Bonchev–Trinajstić information content (AvgIpc) is 2.60. The molecule has 6 heteroatoms. The van der Waals surface area contributed by atoms with Crippen LogP contribution in [0.2, 0.25) is 0 Å². The SMILES string of the molecule is CN=C(NCCCN(C)C)NC1CCN(Cc2ccccc2)C(C)C1.I. The van der Waals surface area contributed by atoms with E-state index in [-0.39, 0.29) is 24.0 Å². The lowest BCUT2D eigenvalue weighted by Crippen LogP contribution is -2.51. The van der Waals surface area contributed by atoms with E-state index in [0.29, 0.717) is 12.1 Å². The fourth-order valence-corrected chi connectivity index (χ4v) is 3.39. The van der Waals surface area contributed by atoms with Gasteiger partial charge in [-0.2, -0.15) is 0 Å². The van der Waals surface area contributed by atoms with Gasteiger partial charge in [-0.1, -0.05) is 30.3 Å². The van der Waals surface area contributed by atoms with Gasteiger partial charge in [-0.05, 0) is 52.4 Å². The van der Waals surface area contributed by atoms with E-state index in [1.807, 2.05) is 7.05 Å². The zero-order valence-corrected chi connectivity index (χ0v) is 19.1. The minimum atomic E-state index is 0. The highest BCUT2D eigenvalue weighted by molar-refractivity contribution is 14.0. The molecule has 5 nitrogen and oxygen atoms in total. The van der Waals surface area contributed by atoms with Crippen molar-refractivity contribution in [2.45, 2.75) is 44.8 Å². The van der Waals surface area contributed by atoms with Gasteiger partial charge in [-0.25, -0.2) is 0 Å².